The number of carbonyl (C=O) groups is 4. The SMILES string of the molecule is CC(C)CN(CC(O)C(Cc1ccccc1)NC(=O)CC(NC(=O)c1ccc2ccccc2n1)C(N)=O)C(=O)NC(C)(C)C. The number of aliphatic hydroxyl groups is 1. The number of aromatic nitrogens is 1. The summed E-state index contributed by atoms with van der Waals surface area (Å²) in [5, 5.41) is 20.5. The molecule has 3 aromatic rings. The lowest BCUT2D eigenvalue weighted by atomic mass is 9.99. The zero-order chi connectivity index (χ0) is 32.4. The molecule has 11 nitrogen and oxygen atoms in total. The van der Waals surface area contributed by atoms with Gasteiger partial charge in [0.05, 0.1) is 30.6 Å². The molecule has 0 spiro atoms. The molecule has 1 aromatic heterocycles. The van der Waals surface area contributed by atoms with Gasteiger partial charge in [-0.1, -0.05) is 68.4 Å². The van der Waals surface area contributed by atoms with E-state index in [9.17, 15) is 24.3 Å². The molecule has 0 aliphatic rings. The first-order valence-corrected chi connectivity index (χ1v) is 14.8. The maximum atomic E-state index is 13.3. The van der Waals surface area contributed by atoms with Gasteiger partial charge in [-0.05, 0) is 50.8 Å². The van der Waals surface area contributed by atoms with Crippen LogP contribution in [0.5, 0.6) is 0 Å². The van der Waals surface area contributed by atoms with Gasteiger partial charge >= 0.3 is 6.03 Å². The van der Waals surface area contributed by atoms with Gasteiger partial charge in [-0.2, -0.15) is 0 Å². The first kappa shape index (κ1) is 34.0. The van der Waals surface area contributed by atoms with E-state index in [4.69, 9.17) is 5.73 Å². The zero-order valence-electron chi connectivity index (χ0n) is 26.0. The Kier molecular flexibility index (Phi) is 11.8. The molecule has 3 rings (SSSR count). The second-order valence-electron chi connectivity index (χ2n) is 12.4. The predicted molar refractivity (Wildman–Crippen MR) is 170 cm³/mol. The summed E-state index contributed by atoms with van der Waals surface area (Å²) in [6.45, 7) is 9.91. The second-order valence-corrected chi connectivity index (χ2v) is 12.4. The number of nitrogens with one attached hydrogen (secondary N) is 3. The summed E-state index contributed by atoms with van der Waals surface area (Å²) >= 11 is 0. The molecule has 0 fully saturated rings. The fourth-order valence-electron chi connectivity index (χ4n) is 4.68. The molecule has 44 heavy (non-hydrogen) atoms. The van der Waals surface area contributed by atoms with Crippen molar-refractivity contribution in [2.75, 3.05) is 13.1 Å². The molecule has 3 unspecified atom stereocenters. The number of pyridine rings is 1. The van der Waals surface area contributed by atoms with Crippen LogP contribution in [0.3, 0.4) is 0 Å². The molecule has 0 bridgehead atoms. The molecule has 5 amide bonds. The number of hydrogen-bond acceptors (Lipinski definition) is 6. The number of aliphatic hydroxyl groups excluding tert-OH is 1. The fourth-order valence-corrected chi connectivity index (χ4v) is 4.68. The number of para-hydroxylation sites is 1. The highest BCUT2D eigenvalue weighted by molar-refractivity contribution is 5.98. The fraction of sp³-hybridized carbons (Fsp3) is 0.424. The Labute approximate surface area is 258 Å². The summed E-state index contributed by atoms with van der Waals surface area (Å²) in [5.74, 6) is -2.01. The summed E-state index contributed by atoms with van der Waals surface area (Å²) in [6, 6.07) is 17.4. The van der Waals surface area contributed by atoms with Crippen molar-refractivity contribution in [2.24, 2.45) is 11.7 Å². The molecular weight excluding hydrogens is 560 g/mol. The van der Waals surface area contributed by atoms with Gasteiger partial charge in [-0.25, -0.2) is 9.78 Å². The molecule has 11 heteroatoms. The molecule has 2 aromatic carbocycles. The number of benzene rings is 2. The summed E-state index contributed by atoms with van der Waals surface area (Å²) in [4.78, 5) is 57.4. The van der Waals surface area contributed by atoms with E-state index in [1.807, 2.05) is 77.1 Å². The van der Waals surface area contributed by atoms with Crippen LogP contribution in [0.4, 0.5) is 4.79 Å². The topological polar surface area (TPSA) is 167 Å². The van der Waals surface area contributed by atoms with Crippen LogP contribution in [0.15, 0.2) is 66.7 Å². The van der Waals surface area contributed by atoms with Gasteiger partial charge in [-0.3, -0.25) is 14.4 Å². The molecule has 236 valence electrons. The van der Waals surface area contributed by atoms with E-state index in [0.29, 0.717) is 12.1 Å². The maximum absolute atomic E-state index is 13.3. The largest absolute Gasteiger partial charge is 0.389 e. The van der Waals surface area contributed by atoms with Crippen molar-refractivity contribution >= 4 is 34.7 Å². The lowest BCUT2D eigenvalue weighted by Crippen LogP contribution is -2.56. The van der Waals surface area contributed by atoms with Gasteiger partial charge < -0.3 is 31.7 Å². The van der Waals surface area contributed by atoms with Crippen molar-refractivity contribution in [2.45, 2.75) is 71.2 Å². The van der Waals surface area contributed by atoms with Crippen molar-refractivity contribution in [3.63, 3.8) is 0 Å². The van der Waals surface area contributed by atoms with E-state index < -0.39 is 47.9 Å². The quantitative estimate of drug-likeness (QED) is 0.201. The Hall–Kier alpha value is -4.51. The Morgan fingerprint density at radius 1 is 0.909 bits per heavy atom. The number of nitrogens with two attached hydrogens (primary N) is 1. The monoisotopic (exact) mass is 604 g/mol. The van der Waals surface area contributed by atoms with E-state index in [2.05, 4.69) is 20.9 Å². The van der Waals surface area contributed by atoms with Crippen LogP contribution in [0.25, 0.3) is 10.9 Å². The van der Waals surface area contributed by atoms with Crippen LogP contribution in [0.2, 0.25) is 0 Å². The second kappa shape index (κ2) is 15.3. The molecular formula is C33H44N6O5. The van der Waals surface area contributed by atoms with Crippen molar-refractivity contribution in [3.05, 3.63) is 78.0 Å². The summed E-state index contributed by atoms with van der Waals surface area (Å²) in [6.07, 6.45) is -1.34. The van der Waals surface area contributed by atoms with Crippen LogP contribution >= 0.6 is 0 Å². The Morgan fingerprint density at radius 2 is 1.57 bits per heavy atom. The average molecular weight is 605 g/mol. The number of carbonyl (C=O) groups excluding carboxylic acids is 4. The van der Waals surface area contributed by atoms with E-state index in [-0.39, 0.29) is 30.6 Å². The number of urea groups is 1. The van der Waals surface area contributed by atoms with Gasteiger partial charge in [0.1, 0.15) is 11.7 Å². The van der Waals surface area contributed by atoms with Gasteiger partial charge in [-0.15, -0.1) is 0 Å². The average Bonchev–Trinajstić information content (AvgIpc) is 2.95. The minimum atomic E-state index is -1.32. The number of rotatable bonds is 13. The molecule has 0 aliphatic carbocycles. The normalized spacial score (nSPS) is 13.5. The maximum Gasteiger partial charge on any atom is 0.317 e. The molecule has 0 aliphatic heterocycles. The van der Waals surface area contributed by atoms with Gasteiger partial charge in [0.15, 0.2) is 0 Å². The first-order chi connectivity index (χ1) is 20.7. The summed E-state index contributed by atoms with van der Waals surface area (Å²) in [5.41, 5.74) is 6.61. The van der Waals surface area contributed by atoms with Crippen LogP contribution in [0, 0.1) is 5.92 Å². The first-order valence-electron chi connectivity index (χ1n) is 14.8. The Balaban J connectivity index is 1.75. The van der Waals surface area contributed by atoms with E-state index in [1.54, 1.807) is 18.2 Å². The van der Waals surface area contributed by atoms with Gasteiger partial charge in [0.25, 0.3) is 5.91 Å². The number of primary amides is 1. The van der Waals surface area contributed by atoms with Gasteiger partial charge in [0, 0.05) is 17.5 Å². The smallest absolute Gasteiger partial charge is 0.317 e. The van der Waals surface area contributed by atoms with Crippen molar-refractivity contribution in [1.82, 2.24) is 25.8 Å². The summed E-state index contributed by atoms with van der Waals surface area (Å²) < 4.78 is 0. The summed E-state index contributed by atoms with van der Waals surface area (Å²) in [7, 11) is 0. The minimum Gasteiger partial charge on any atom is -0.389 e. The third kappa shape index (κ3) is 10.6. The molecule has 0 saturated heterocycles. The molecule has 0 radical (unpaired) electrons. The lowest BCUT2D eigenvalue weighted by molar-refractivity contribution is -0.127. The van der Waals surface area contributed by atoms with Crippen LogP contribution in [-0.4, -0.2) is 75.6 Å². The van der Waals surface area contributed by atoms with Crippen molar-refractivity contribution in [1.29, 1.82) is 0 Å². The Morgan fingerprint density at radius 3 is 2.20 bits per heavy atom. The van der Waals surface area contributed by atoms with Crippen LogP contribution < -0.4 is 21.7 Å². The van der Waals surface area contributed by atoms with E-state index >= 15 is 0 Å². The Bertz CT molecular complexity index is 1440. The van der Waals surface area contributed by atoms with Crippen LogP contribution in [0.1, 0.15) is 57.1 Å². The minimum absolute atomic E-state index is 0.0402. The third-order valence-corrected chi connectivity index (χ3v) is 6.74. The number of amides is 5. The highest BCUT2D eigenvalue weighted by atomic mass is 16.3. The molecule has 0 saturated carbocycles. The molecule has 6 N–H and O–H groups in total. The third-order valence-electron chi connectivity index (χ3n) is 6.74. The van der Waals surface area contributed by atoms with E-state index in [0.717, 1.165) is 10.9 Å². The predicted octanol–water partition coefficient (Wildman–Crippen LogP) is 2.76. The van der Waals surface area contributed by atoms with E-state index in [1.165, 1.54) is 11.0 Å². The standard InChI is InChI=1S/C33H44N6O5/c1-21(2)19-39(32(44)38-33(3,4)5)20-28(40)26(17-22-11-7-6-8-12-22)36-29(41)18-27(30(34)42)37-31(43)25-16-15-23-13-9-10-14-24(23)35-25/h6-16,21,26-28,40H,17-20H2,1-5H3,(H2,34,42)(H,36,41)(H,37,43)(H,38,44). The zero-order valence-corrected chi connectivity index (χ0v) is 26.0. The highest BCUT2D eigenvalue weighted by Gasteiger charge is 2.30. The number of hydrogen-bond donors (Lipinski definition) is 5. The lowest BCUT2D eigenvalue weighted by Gasteiger charge is -2.33. The van der Waals surface area contributed by atoms with Gasteiger partial charge in [0.2, 0.25) is 11.8 Å². The molecule has 3 atom stereocenters. The van der Waals surface area contributed by atoms with Crippen molar-refractivity contribution in [3.8, 4) is 0 Å². The number of fused-ring (bicyclic) bond motifs is 1. The molecule has 1 heterocycles. The highest BCUT2D eigenvalue weighted by Crippen LogP contribution is 2.13. The number of nitrogens with zero attached hydrogens (tertiary/aromatic N) is 2. The van der Waals surface area contributed by atoms with Crippen LogP contribution in [-0.2, 0) is 16.0 Å². The van der Waals surface area contributed by atoms with Crippen molar-refractivity contribution < 1.29 is 24.3 Å².